The minimum atomic E-state index is -0.514. The summed E-state index contributed by atoms with van der Waals surface area (Å²) in [6.07, 6.45) is 0.493. The number of nitrogens with one attached hydrogen (secondary N) is 1. The Morgan fingerprint density at radius 1 is 1.56 bits per heavy atom. The van der Waals surface area contributed by atoms with Crippen LogP contribution in [0, 0.1) is 22.0 Å². The van der Waals surface area contributed by atoms with Crippen LogP contribution in [0.3, 0.4) is 0 Å². The van der Waals surface area contributed by atoms with Gasteiger partial charge in [0, 0.05) is 37.6 Å². The molecule has 0 aromatic heterocycles. The number of nitro groups is 1. The van der Waals surface area contributed by atoms with Gasteiger partial charge in [-0.15, -0.1) is 0 Å². The average molecular weight is 267 g/mol. The molecular weight excluding hydrogens is 256 g/mol. The Bertz CT molecular complexity index is 532. The first kappa shape index (κ1) is 14.0. The third-order valence-corrected chi connectivity index (χ3v) is 2.32. The maximum absolute atomic E-state index is 10.6. The Hall–Kier alpha value is -2.06. The van der Waals surface area contributed by atoms with Crippen LogP contribution in [0.5, 0.6) is 0 Å². The number of amides is 1. The van der Waals surface area contributed by atoms with Gasteiger partial charge in [0.2, 0.25) is 5.91 Å². The predicted octanol–water partition coefficient (Wildman–Crippen LogP) is 2.13. The standard InChI is InChI=1S/C12H11ClN2O3/c1-9(16)14-7-3-2-4-10-5-6-11(15(17)18)8-12(10)13/h5-6,8H,3,7H2,1H3,(H,14,16). The van der Waals surface area contributed by atoms with E-state index in [1.807, 2.05) is 0 Å². The smallest absolute Gasteiger partial charge is 0.271 e. The quantitative estimate of drug-likeness (QED) is 0.394. The van der Waals surface area contributed by atoms with Gasteiger partial charge in [-0.3, -0.25) is 14.9 Å². The van der Waals surface area contributed by atoms with E-state index in [4.69, 9.17) is 11.6 Å². The summed E-state index contributed by atoms with van der Waals surface area (Å²) in [6.45, 7) is 1.90. The van der Waals surface area contributed by atoms with Crippen LogP contribution in [0.4, 0.5) is 5.69 Å². The van der Waals surface area contributed by atoms with Crippen molar-refractivity contribution in [1.82, 2.24) is 5.32 Å². The van der Waals surface area contributed by atoms with Crippen molar-refractivity contribution in [2.45, 2.75) is 13.3 Å². The minimum absolute atomic E-state index is 0.0659. The lowest BCUT2D eigenvalue weighted by atomic mass is 10.2. The van der Waals surface area contributed by atoms with Crippen LogP contribution >= 0.6 is 11.6 Å². The summed E-state index contributed by atoms with van der Waals surface area (Å²) >= 11 is 5.86. The topological polar surface area (TPSA) is 72.2 Å². The van der Waals surface area contributed by atoms with Gasteiger partial charge < -0.3 is 5.32 Å². The molecule has 94 valence electrons. The van der Waals surface area contributed by atoms with Gasteiger partial charge in [-0.1, -0.05) is 23.4 Å². The number of nitrogens with zero attached hydrogens (tertiary/aromatic N) is 1. The van der Waals surface area contributed by atoms with Crippen molar-refractivity contribution in [1.29, 1.82) is 0 Å². The van der Waals surface area contributed by atoms with Gasteiger partial charge in [-0.05, 0) is 6.07 Å². The number of carbonyl (C=O) groups is 1. The molecule has 1 aromatic carbocycles. The van der Waals surface area contributed by atoms with Gasteiger partial charge in [0.05, 0.1) is 9.95 Å². The van der Waals surface area contributed by atoms with E-state index in [0.29, 0.717) is 18.5 Å². The number of carbonyl (C=O) groups excluding carboxylic acids is 1. The highest BCUT2D eigenvalue weighted by Gasteiger charge is 2.07. The van der Waals surface area contributed by atoms with Crippen molar-refractivity contribution in [3.63, 3.8) is 0 Å². The molecule has 0 atom stereocenters. The lowest BCUT2D eigenvalue weighted by molar-refractivity contribution is -0.384. The van der Waals surface area contributed by atoms with Gasteiger partial charge >= 0.3 is 0 Å². The largest absolute Gasteiger partial charge is 0.355 e. The average Bonchev–Trinajstić information content (AvgIpc) is 2.29. The fourth-order valence-corrected chi connectivity index (χ4v) is 1.40. The van der Waals surface area contributed by atoms with Crippen molar-refractivity contribution < 1.29 is 9.72 Å². The first-order valence-electron chi connectivity index (χ1n) is 5.18. The Labute approximate surface area is 109 Å². The SMILES string of the molecule is CC(=O)NCCC#Cc1ccc([N+](=O)[O-])cc1Cl. The molecule has 0 spiro atoms. The molecule has 0 aliphatic carbocycles. The number of hydrogen-bond acceptors (Lipinski definition) is 3. The fourth-order valence-electron chi connectivity index (χ4n) is 1.18. The zero-order chi connectivity index (χ0) is 13.5. The van der Waals surface area contributed by atoms with Crippen LogP contribution in [-0.2, 0) is 4.79 Å². The van der Waals surface area contributed by atoms with Crippen molar-refractivity contribution in [3.8, 4) is 11.8 Å². The molecule has 1 amide bonds. The summed E-state index contributed by atoms with van der Waals surface area (Å²) in [5.41, 5.74) is 0.467. The number of rotatable bonds is 3. The van der Waals surface area contributed by atoms with Crippen molar-refractivity contribution in [3.05, 3.63) is 38.9 Å². The van der Waals surface area contributed by atoms with E-state index in [1.54, 1.807) is 0 Å². The van der Waals surface area contributed by atoms with Gasteiger partial charge in [-0.2, -0.15) is 0 Å². The van der Waals surface area contributed by atoms with E-state index in [1.165, 1.54) is 25.1 Å². The van der Waals surface area contributed by atoms with E-state index >= 15 is 0 Å². The van der Waals surface area contributed by atoms with Gasteiger partial charge in [0.15, 0.2) is 0 Å². The summed E-state index contributed by atoms with van der Waals surface area (Å²) in [5, 5.41) is 13.4. The second-order valence-corrected chi connectivity index (χ2v) is 3.86. The third kappa shape index (κ3) is 4.44. The zero-order valence-corrected chi connectivity index (χ0v) is 10.5. The maximum Gasteiger partial charge on any atom is 0.271 e. The van der Waals surface area contributed by atoms with Crippen LogP contribution in [0.15, 0.2) is 18.2 Å². The van der Waals surface area contributed by atoms with Crippen molar-refractivity contribution in [2.24, 2.45) is 0 Å². The predicted molar refractivity (Wildman–Crippen MR) is 68.3 cm³/mol. The highest BCUT2D eigenvalue weighted by Crippen LogP contribution is 2.21. The summed E-state index contributed by atoms with van der Waals surface area (Å²) in [5.74, 6) is 5.52. The zero-order valence-electron chi connectivity index (χ0n) is 9.70. The van der Waals surface area contributed by atoms with E-state index in [-0.39, 0.29) is 16.6 Å². The summed E-state index contributed by atoms with van der Waals surface area (Å²) < 4.78 is 0. The Balaban J connectivity index is 2.65. The van der Waals surface area contributed by atoms with Crippen molar-refractivity contribution in [2.75, 3.05) is 6.54 Å². The maximum atomic E-state index is 10.6. The molecule has 0 radical (unpaired) electrons. The summed E-state index contributed by atoms with van der Waals surface area (Å²) in [4.78, 5) is 20.6. The molecular formula is C12H11ClN2O3. The van der Waals surface area contributed by atoms with Gasteiger partial charge in [0.1, 0.15) is 0 Å². The first-order valence-corrected chi connectivity index (χ1v) is 5.55. The Morgan fingerprint density at radius 2 is 2.28 bits per heavy atom. The molecule has 0 saturated carbocycles. The van der Waals surface area contributed by atoms with E-state index in [0.717, 1.165) is 0 Å². The molecule has 0 saturated heterocycles. The molecule has 0 fully saturated rings. The lowest BCUT2D eigenvalue weighted by Crippen LogP contribution is -2.20. The van der Waals surface area contributed by atoms with Crippen LogP contribution < -0.4 is 5.32 Å². The van der Waals surface area contributed by atoms with Crippen LogP contribution in [0.25, 0.3) is 0 Å². The molecule has 0 aliphatic rings. The number of benzene rings is 1. The molecule has 1 aromatic rings. The van der Waals surface area contributed by atoms with Gasteiger partial charge in [-0.25, -0.2) is 0 Å². The second-order valence-electron chi connectivity index (χ2n) is 3.46. The number of non-ortho nitro benzene ring substituents is 1. The molecule has 0 bridgehead atoms. The number of halogens is 1. The monoisotopic (exact) mass is 266 g/mol. The summed E-state index contributed by atoms with van der Waals surface area (Å²) in [7, 11) is 0. The Kier molecular flexibility index (Phi) is 5.15. The third-order valence-electron chi connectivity index (χ3n) is 2.01. The molecule has 1 N–H and O–H groups in total. The molecule has 0 aliphatic heterocycles. The highest BCUT2D eigenvalue weighted by atomic mass is 35.5. The van der Waals surface area contributed by atoms with Crippen LogP contribution in [-0.4, -0.2) is 17.4 Å². The molecule has 5 nitrogen and oxygen atoms in total. The minimum Gasteiger partial charge on any atom is -0.355 e. The van der Waals surface area contributed by atoms with E-state index in [2.05, 4.69) is 17.2 Å². The Morgan fingerprint density at radius 3 is 2.83 bits per heavy atom. The van der Waals surface area contributed by atoms with Crippen molar-refractivity contribution >= 4 is 23.2 Å². The molecule has 1 rings (SSSR count). The van der Waals surface area contributed by atoms with E-state index in [9.17, 15) is 14.9 Å². The molecule has 18 heavy (non-hydrogen) atoms. The molecule has 0 unspecified atom stereocenters. The number of nitro benzene ring substituents is 1. The van der Waals surface area contributed by atoms with E-state index < -0.39 is 4.92 Å². The summed E-state index contributed by atoms with van der Waals surface area (Å²) in [6, 6.07) is 4.12. The van der Waals surface area contributed by atoms with Gasteiger partial charge in [0.25, 0.3) is 5.69 Å². The fraction of sp³-hybridized carbons (Fsp3) is 0.250. The highest BCUT2D eigenvalue weighted by molar-refractivity contribution is 6.32. The normalized spacial score (nSPS) is 9.22. The number of hydrogen-bond donors (Lipinski definition) is 1. The van der Waals surface area contributed by atoms with Crippen LogP contribution in [0.2, 0.25) is 5.02 Å². The lowest BCUT2D eigenvalue weighted by Gasteiger charge is -1.96. The molecule has 0 heterocycles. The second kappa shape index (κ2) is 6.62. The first-order chi connectivity index (χ1) is 8.50. The molecule has 6 heteroatoms. The van der Waals surface area contributed by atoms with Crippen LogP contribution in [0.1, 0.15) is 18.9 Å².